The van der Waals surface area contributed by atoms with Crippen LogP contribution in [0.5, 0.6) is 0 Å². The molecular weight excluding hydrogens is 391 g/mol. The van der Waals surface area contributed by atoms with Crippen LogP contribution in [0.15, 0.2) is 58.4 Å². The van der Waals surface area contributed by atoms with Crippen LogP contribution in [-0.4, -0.2) is 34.0 Å². The molecule has 0 radical (unpaired) electrons. The van der Waals surface area contributed by atoms with E-state index in [2.05, 4.69) is 15.6 Å². The molecule has 0 aliphatic heterocycles. The van der Waals surface area contributed by atoms with Crippen molar-refractivity contribution in [2.45, 2.75) is 37.5 Å². The Labute approximate surface area is 172 Å². The Morgan fingerprint density at radius 2 is 1.83 bits per heavy atom. The fraction of sp³-hybridized carbons (Fsp3) is 0.381. The number of nitrogens with two attached hydrogens (primary N) is 1. The SMILES string of the molecule is CCNC(=NCC(C)(C)c1cccc(F)c1)NCCc1ccc(S(N)(=O)=O)cc1. The van der Waals surface area contributed by atoms with Crippen molar-refractivity contribution in [3.05, 3.63) is 65.5 Å². The summed E-state index contributed by atoms with van der Waals surface area (Å²) in [6, 6.07) is 13.1. The predicted octanol–water partition coefficient (Wildman–Crippen LogP) is 2.55. The number of hydrogen-bond acceptors (Lipinski definition) is 3. The second kappa shape index (κ2) is 9.84. The Morgan fingerprint density at radius 3 is 2.41 bits per heavy atom. The Kier molecular flexibility index (Phi) is 7.75. The highest BCUT2D eigenvalue weighted by molar-refractivity contribution is 7.89. The highest BCUT2D eigenvalue weighted by Gasteiger charge is 2.21. The topological polar surface area (TPSA) is 96.6 Å². The van der Waals surface area contributed by atoms with Crippen LogP contribution in [0, 0.1) is 5.82 Å². The zero-order valence-corrected chi connectivity index (χ0v) is 17.9. The Morgan fingerprint density at radius 1 is 1.14 bits per heavy atom. The molecule has 158 valence electrons. The van der Waals surface area contributed by atoms with Crippen molar-refractivity contribution in [3.8, 4) is 0 Å². The van der Waals surface area contributed by atoms with E-state index in [0.29, 0.717) is 25.5 Å². The van der Waals surface area contributed by atoms with Gasteiger partial charge in [0.25, 0.3) is 0 Å². The van der Waals surface area contributed by atoms with Gasteiger partial charge in [0.05, 0.1) is 11.4 Å². The van der Waals surface area contributed by atoms with E-state index < -0.39 is 10.0 Å². The van der Waals surface area contributed by atoms with E-state index in [9.17, 15) is 12.8 Å². The number of rotatable bonds is 8. The van der Waals surface area contributed by atoms with Gasteiger partial charge in [-0.3, -0.25) is 4.99 Å². The first-order chi connectivity index (χ1) is 13.6. The van der Waals surface area contributed by atoms with E-state index in [4.69, 9.17) is 5.14 Å². The molecule has 29 heavy (non-hydrogen) atoms. The molecule has 8 heteroatoms. The van der Waals surface area contributed by atoms with Crippen molar-refractivity contribution in [2.75, 3.05) is 19.6 Å². The van der Waals surface area contributed by atoms with E-state index in [1.807, 2.05) is 26.8 Å². The minimum Gasteiger partial charge on any atom is -0.357 e. The molecule has 0 fully saturated rings. The van der Waals surface area contributed by atoms with Crippen molar-refractivity contribution in [3.63, 3.8) is 0 Å². The first-order valence-electron chi connectivity index (χ1n) is 9.52. The van der Waals surface area contributed by atoms with Gasteiger partial charge in [0, 0.05) is 18.5 Å². The zero-order chi connectivity index (χ0) is 21.5. The van der Waals surface area contributed by atoms with Crippen molar-refractivity contribution < 1.29 is 12.8 Å². The summed E-state index contributed by atoms with van der Waals surface area (Å²) in [6.07, 6.45) is 0.697. The predicted molar refractivity (Wildman–Crippen MR) is 115 cm³/mol. The molecule has 0 saturated carbocycles. The van der Waals surface area contributed by atoms with Gasteiger partial charge in [-0.2, -0.15) is 0 Å². The minimum absolute atomic E-state index is 0.101. The largest absolute Gasteiger partial charge is 0.357 e. The zero-order valence-electron chi connectivity index (χ0n) is 17.1. The summed E-state index contributed by atoms with van der Waals surface area (Å²) < 4.78 is 36.2. The van der Waals surface area contributed by atoms with E-state index >= 15 is 0 Å². The molecule has 4 N–H and O–H groups in total. The summed E-state index contributed by atoms with van der Waals surface area (Å²) in [4.78, 5) is 4.75. The molecule has 0 aromatic heterocycles. The van der Waals surface area contributed by atoms with Crippen LogP contribution in [0.25, 0.3) is 0 Å². The normalized spacial score (nSPS) is 12.7. The molecule has 0 aliphatic carbocycles. The van der Waals surface area contributed by atoms with Crippen LogP contribution in [0.1, 0.15) is 31.9 Å². The summed E-state index contributed by atoms with van der Waals surface area (Å²) in [7, 11) is -3.68. The highest BCUT2D eigenvalue weighted by Crippen LogP contribution is 2.24. The molecule has 0 aliphatic rings. The number of sulfonamides is 1. The third-order valence-corrected chi connectivity index (χ3v) is 5.47. The number of aliphatic imine (C=N–C) groups is 1. The molecule has 0 bridgehead atoms. The summed E-state index contributed by atoms with van der Waals surface area (Å²) in [5.41, 5.74) is 1.57. The van der Waals surface area contributed by atoms with Gasteiger partial charge in [-0.15, -0.1) is 0 Å². The molecule has 0 spiro atoms. The number of nitrogens with one attached hydrogen (secondary N) is 2. The smallest absolute Gasteiger partial charge is 0.238 e. The first-order valence-corrected chi connectivity index (χ1v) is 11.1. The van der Waals surface area contributed by atoms with Crippen molar-refractivity contribution >= 4 is 16.0 Å². The highest BCUT2D eigenvalue weighted by atomic mass is 32.2. The molecule has 0 unspecified atom stereocenters. The van der Waals surface area contributed by atoms with Crippen LogP contribution in [0.2, 0.25) is 0 Å². The first kappa shape index (κ1) is 22.8. The van der Waals surface area contributed by atoms with Crippen LogP contribution < -0.4 is 15.8 Å². The monoisotopic (exact) mass is 420 g/mol. The maximum atomic E-state index is 13.5. The standard InChI is InChI=1S/C21H29FN4O2S/c1-4-24-20(26-15-21(2,3)17-6-5-7-18(22)14-17)25-13-12-16-8-10-19(11-9-16)29(23,27)28/h5-11,14H,4,12-13,15H2,1-3H3,(H2,23,27,28)(H2,24,25,26). The van der Waals surface area contributed by atoms with E-state index in [-0.39, 0.29) is 16.1 Å². The molecule has 0 amide bonds. The van der Waals surface area contributed by atoms with E-state index in [1.165, 1.54) is 18.2 Å². The number of nitrogens with zero attached hydrogens (tertiary/aromatic N) is 1. The lowest BCUT2D eigenvalue weighted by molar-refractivity contribution is 0.529. The average Bonchev–Trinajstić information content (AvgIpc) is 2.66. The molecule has 2 aromatic rings. The summed E-state index contributed by atoms with van der Waals surface area (Å²) in [6.45, 7) is 7.88. The molecule has 0 saturated heterocycles. The summed E-state index contributed by atoms with van der Waals surface area (Å²) in [5, 5.41) is 11.6. The number of halogens is 1. The van der Waals surface area contributed by atoms with Gasteiger partial charge in [0.2, 0.25) is 10.0 Å². The Hall–Kier alpha value is -2.45. The van der Waals surface area contributed by atoms with Crippen molar-refractivity contribution in [1.82, 2.24) is 10.6 Å². The van der Waals surface area contributed by atoms with Crippen molar-refractivity contribution in [1.29, 1.82) is 0 Å². The maximum Gasteiger partial charge on any atom is 0.238 e. The second-order valence-corrected chi connectivity index (χ2v) is 9.02. The number of hydrogen-bond donors (Lipinski definition) is 3. The average molecular weight is 421 g/mol. The lowest BCUT2D eigenvalue weighted by Crippen LogP contribution is -2.39. The van der Waals surface area contributed by atoms with Crippen LogP contribution in [-0.2, 0) is 21.9 Å². The van der Waals surface area contributed by atoms with Crippen LogP contribution in [0.4, 0.5) is 4.39 Å². The molecule has 6 nitrogen and oxygen atoms in total. The molecular formula is C21H29FN4O2S. The van der Waals surface area contributed by atoms with Gasteiger partial charge >= 0.3 is 0 Å². The van der Waals surface area contributed by atoms with Gasteiger partial charge < -0.3 is 10.6 Å². The van der Waals surface area contributed by atoms with Crippen molar-refractivity contribution in [2.24, 2.45) is 10.1 Å². The number of primary sulfonamides is 1. The molecule has 2 rings (SSSR count). The van der Waals surface area contributed by atoms with Gasteiger partial charge in [-0.1, -0.05) is 38.1 Å². The summed E-state index contributed by atoms with van der Waals surface area (Å²) in [5.74, 6) is 0.427. The van der Waals surface area contributed by atoms with Gasteiger partial charge in [-0.05, 0) is 48.7 Å². The van der Waals surface area contributed by atoms with Gasteiger partial charge in [0.1, 0.15) is 5.82 Å². The van der Waals surface area contributed by atoms with Gasteiger partial charge in [-0.25, -0.2) is 17.9 Å². The third-order valence-electron chi connectivity index (χ3n) is 4.54. The van der Waals surface area contributed by atoms with E-state index in [1.54, 1.807) is 24.3 Å². The van der Waals surface area contributed by atoms with Crippen LogP contribution in [0.3, 0.4) is 0 Å². The maximum absolute atomic E-state index is 13.5. The summed E-state index contributed by atoms with van der Waals surface area (Å²) >= 11 is 0. The lowest BCUT2D eigenvalue weighted by atomic mass is 9.85. The number of benzene rings is 2. The third kappa shape index (κ3) is 7.14. The lowest BCUT2D eigenvalue weighted by Gasteiger charge is -2.24. The Balaban J connectivity index is 1.97. The second-order valence-electron chi connectivity index (χ2n) is 7.46. The number of guanidine groups is 1. The molecule has 0 heterocycles. The van der Waals surface area contributed by atoms with E-state index in [0.717, 1.165) is 17.7 Å². The van der Waals surface area contributed by atoms with Crippen LogP contribution >= 0.6 is 0 Å². The fourth-order valence-corrected chi connectivity index (χ4v) is 3.31. The molecule has 2 aromatic carbocycles. The quantitative estimate of drug-likeness (QED) is 0.452. The van der Waals surface area contributed by atoms with Gasteiger partial charge in [0.15, 0.2) is 5.96 Å². The molecule has 0 atom stereocenters. The Bertz CT molecular complexity index is 941. The minimum atomic E-state index is -3.68. The fourth-order valence-electron chi connectivity index (χ4n) is 2.79.